The molecule has 9 heteroatoms. The standard InChI is InChI=1S/C15H19N7O2/c1-15(24)4-2-12(3-5-15)19-14(23)11-6-10(9-18-21-16)7-13(8-11)20-22-17/h6-8,12,24H,2-5,9H2,1H3,(H,19,23). The van der Waals surface area contributed by atoms with Gasteiger partial charge in [0.2, 0.25) is 0 Å². The van der Waals surface area contributed by atoms with Crippen LogP contribution in [0.1, 0.15) is 48.5 Å². The molecule has 24 heavy (non-hydrogen) atoms. The first kappa shape index (κ1) is 17.6. The van der Waals surface area contributed by atoms with Gasteiger partial charge in [0.1, 0.15) is 0 Å². The van der Waals surface area contributed by atoms with Gasteiger partial charge in [0.25, 0.3) is 5.91 Å². The molecule has 0 saturated heterocycles. The van der Waals surface area contributed by atoms with Crippen molar-refractivity contribution < 1.29 is 9.90 Å². The number of aliphatic hydroxyl groups is 1. The summed E-state index contributed by atoms with van der Waals surface area (Å²) in [4.78, 5) is 17.9. The Morgan fingerprint density at radius 2 is 2.04 bits per heavy atom. The van der Waals surface area contributed by atoms with E-state index >= 15 is 0 Å². The summed E-state index contributed by atoms with van der Waals surface area (Å²) in [6, 6.07) is 4.68. The van der Waals surface area contributed by atoms with E-state index < -0.39 is 5.60 Å². The van der Waals surface area contributed by atoms with Gasteiger partial charge >= 0.3 is 0 Å². The van der Waals surface area contributed by atoms with Gasteiger partial charge in [-0.2, -0.15) is 0 Å². The van der Waals surface area contributed by atoms with Crippen LogP contribution >= 0.6 is 0 Å². The highest BCUT2D eigenvalue weighted by atomic mass is 16.3. The van der Waals surface area contributed by atoms with Crippen LogP contribution in [-0.2, 0) is 6.54 Å². The molecule has 1 aromatic rings. The molecule has 0 bridgehead atoms. The average molecular weight is 329 g/mol. The van der Waals surface area contributed by atoms with Crippen molar-refractivity contribution in [1.82, 2.24) is 5.32 Å². The van der Waals surface area contributed by atoms with Gasteiger partial charge < -0.3 is 10.4 Å². The van der Waals surface area contributed by atoms with Crippen LogP contribution in [0, 0.1) is 0 Å². The minimum absolute atomic E-state index is 0.00132. The van der Waals surface area contributed by atoms with Crippen LogP contribution in [0.4, 0.5) is 5.69 Å². The number of carbonyl (C=O) groups excluding carboxylic acids is 1. The molecule has 0 spiro atoms. The minimum Gasteiger partial charge on any atom is -0.390 e. The van der Waals surface area contributed by atoms with Crippen molar-refractivity contribution >= 4 is 11.6 Å². The van der Waals surface area contributed by atoms with Gasteiger partial charge in [-0.05, 0) is 67.4 Å². The van der Waals surface area contributed by atoms with Crippen LogP contribution in [0.2, 0.25) is 0 Å². The monoisotopic (exact) mass is 329 g/mol. The molecular formula is C15H19N7O2. The van der Waals surface area contributed by atoms with Crippen LogP contribution in [0.15, 0.2) is 28.4 Å². The predicted octanol–water partition coefficient (Wildman–Crippen LogP) is 3.86. The Bertz CT molecular complexity index is 709. The van der Waals surface area contributed by atoms with Crippen molar-refractivity contribution in [2.45, 2.75) is 50.8 Å². The number of rotatable bonds is 5. The minimum atomic E-state index is -0.662. The van der Waals surface area contributed by atoms with E-state index in [0.717, 1.165) is 0 Å². The number of amides is 1. The lowest BCUT2D eigenvalue weighted by atomic mass is 9.83. The summed E-state index contributed by atoms with van der Waals surface area (Å²) in [6.07, 6.45) is 2.69. The van der Waals surface area contributed by atoms with Gasteiger partial charge in [0.15, 0.2) is 0 Å². The number of azide groups is 2. The molecule has 1 fully saturated rings. The van der Waals surface area contributed by atoms with Crippen LogP contribution < -0.4 is 5.32 Å². The van der Waals surface area contributed by atoms with E-state index in [1.807, 2.05) is 0 Å². The topological polar surface area (TPSA) is 147 Å². The fourth-order valence-corrected chi connectivity index (χ4v) is 2.77. The summed E-state index contributed by atoms with van der Waals surface area (Å²) in [6.45, 7) is 1.87. The zero-order chi connectivity index (χ0) is 17.6. The van der Waals surface area contributed by atoms with E-state index in [-0.39, 0.29) is 18.5 Å². The Hall–Kier alpha value is -2.73. The lowest BCUT2D eigenvalue weighted by molar-refractivity contribution is 0.0140. The molecule has 0 unspecified atom stereocenters. The molecule has 0 atom stereocenters. The zero-order valence-corrected chi connectivity index (χ0v) is 13.4. The number of hydrogen-bond donors (Lipinski definition) is 2. The van der Waals surface area contributed by atoms with Crippen molar-refractivity contribution in [2.24, 2.45) is 10.2 Å². The molecule has 9 nitrogen and oxygen atoms in total. The number of nitrogens with zero attached hydrogens (tertiary/aromatic N) is 6. The number of carbonyl (C=O) groups is 1. The summed E-state index contributed by atoms with van der Waals surface area (Å²) >= 11 is 0. The van der Waals surface area contributed by atoms with Crippen molar-refractivity contribution in [2.75, 3.05) is 0 Å². The van der Waals surface area contributed by atoms with Crippen LogP contribution in [-0.4, -0.2) is 22.7 Å². The van der Waals surface area contributed by atoms with Crippen molar-refractivity contribution in [3.05, 3.63) is 50.2 Å². The lowest BCUT2D eigenvalue weighted by Gasteiger charge is -2.33. The molecular weight excluding hydrogens is 310 g/mol. The molecule has 0 radical (unpaired) electrons. The van der Waals surface area contributed by atoms with Gasteiger partial charge in [-0.15, -0.1) is 0 Å². The third kappa shape index (κ3) is 4.89. The van der Waals surface area contributed by atoms with Gasteiger partial charge in [0, 0.05) is 27.1 Å². The van der Waals surface area contributed by atoms with E-state index in [2.05, 4.69) is 25.4 Å². The second kappa shape index (κ2) is 7.70. The Labute approximate surface area is 138 Å². The molecule has 1 aliphatic rings. The van der Waals surface area contributed by atoms with Crippen molar-refractivity contribution in [3.63, 3.8) is 0 Å². The Morgan fingerprint density at radius 1 is 1.33 bits per heavy atom. The molecule has 2 rings (SSSR count). The molecule has 1 saturated carbocycles. The quantitative estimate of drug-likeness (QED) is 0.479. The fraction of sp³-hybridized carbons (Fsp3) is 0.533. The van der Waals surface area contributed by atoms with Gasteiger partial charge in [-0.25, -0.2) is 0 Å². The molecule has 0 aliphatic heterocycles. The van der Waals surface area contributed by atoms with E-state index in [1.54, 1.807) is 19.1 Å². The highest BCUT2D eigenvalue weighted by Gasteiger charge is 2.29. The molecule has 1 aromatic carbocycles. The third-order valence-corrected chi connectivity index (χ3v) is 4.11. The van der Waals surface area contributed by atoms with Crippen LogP contribution in [0.25, 0.3) is 20.9 Å². The molecule has 0 aromatic heterocycles. The van der Waals surface area contributed by atoms with Crippen LogP contribution in [0.3, 0.4) is 0 Å². The SMILES string of the molecule is CC1(O)CCC(NC(=O)c2cc(CN=[N+]=[N-])cc(N=[N+]=[N-])c2)CC1. The van der Waals surface area contributed by atoms with Gasteiger partial charge in [-0.3, -0.25) is 4.79 Å². The largest absolute Gasteiger partial charge is 0.390 e. The summed E-state index contributed by atoms with van der Waals surface area (Å²) in [5, 5.41) is 19.9. The third-order valence-electron chi connectivity index (χ3n) is 4.11. The summed E-state index contributed by atoms with van der Waals surface area (Å²) in [7, 11) is 0. The van der Waals surface area contributed by atoms with E-state index in [9.17, 15) is 9.90 Å². The smallest absolute Gasteiger partial charge is 0.251 e. The maximum Gasteiger partial charge on any atom is 0.251 e. The van der Waals surface area contributed by atoms with E-state index in [4.69, 9.17) is 11.1 Å². The average Bonchev–Trinajstić information content (AvgIpc) is 2.55. The number of nitrogens with one attached hydrogen (secondary N) is 1. The predicted molar refractivity (Wildman–Crippen MR) is 88.4 cm³/mol. The maximum atomic E-state index is 12.4. The summed E-state index contributed by atoms with van der Waals surface area (Å²) in [5.41, 5.74) is 17.6. The van der Waals surface area contributed by atoms with Gasteiger partial charge in [0.05, 0.1) is 12.1 Å². The molecule has 126 valence electrons. The summed E-state index contributed by atoms with van der Waals surface area (Å²) in [5.74, 6) is -0.279. The highest BCUT2D eigenvalue weighted by molar-refractivity contribution is 5.95. The fourth-order valence-electron chi connectivity index (χ4n) is 2.77. The molecule has 2 N–H and O–H groups in total. The maximum absolute atomic E-state index is 12.4. The lowest BCUT2D eigenvalue weighted by Crippen LogP contribution is -2.42. The normalized spacial score (nSPS) is 22.8. The van der Waals surface area contributed by atoms with Crippen molar-refractivity contribution in [3.8, 4) is 0 Å². The van der Waals surface area contributed by atoms with Gasteiger partial charge in [-0.1, -0.05) is 10.2 Å². The number of hydrogen-bond acceptors (Lipinski definition) is 4. The van der Waals surface area contributed by atoms with E-state index in [0.29, 0.717) is 42.5 Å². The Balaban J connectivity index is 2.14. The number of benzene rings is 1. The Kier molecular flexibility index (Phi) is 5.65. The highest BCUT2D eigenvalue weighted by Crippen LogP contribution is 2.28. The second-order valence-corrected chi connectivity index (χ2v) is 6.21. The second-order valence-electron chi connectivity index (χ2n) is 6.21. The summed E-state index contributed by atoms with van der Waals surface area (Å²) < 4.78 is 0. The first-order valence-corrected chi connectivity index (χ1v) is 7.67. The Morgan fingerprint density at radius 3 is 2.67 bits per heavy atom. The molecule has 1 aliphatic carbocycles. The zero-order valence-electron chi connectivity index (χ0n) is 13.4. The first-order valence-electron chi connectivity index (χ1n) is 7.67. The molecule has 1 amide bonds. The van der Waals surface area contributed by atoms with Crippen LogP contribution in [0.5, 0.6) is 0 Å². The molecule has 0 heterocycles. The van der Waals surface area contributed by atoms with Crippen molar-refractivity contribution in [1.29, 1.82) is 0 Å². The van der Waals surface area contributed by atoms with E-state index in [1.165, 1.54) is 6.07 Å². The first-order chi connectivity index (χ1) is 11.4.